The van der Waals surface area contributed by atoms with E-state index in [0.29, 0.717) is 13.0 Å². The number of carbonyl (C=O) groups is 2. The fraction of sp³-hybridized carbons (Fsp3) is 0.333. The van der Waals surface area contributed by atoms with E-state index in [1.54, 1.807) is 11.0 Å². The maximum Gasteiger partial charge on any atom is 0.224 e. The van der Waals surface area contributed by atoms with Gasteiger partial charge < -0.3 is 20.4 Å². The molecule has 0 fully saturated rings. The number of rotatable bonds is 12. The fourth-order valence-corrected chi connectivity index (χ4v) is 3.25. The lowest BCUT2D eigenvalue weighted by Gasteiger charge is -2.25. The molecule has 2 aromatic carbocycles. The molecule has 0 bridgehead atoms. The van der Waals surface area contributed by atoms with Gasteiger partial charge in [0.05, 0.1) is 25.2 Å². The van der Waals surface area contributed by atoms with E-state index in [-0.39, 0.29) is 38.0 Å². The molecule has 2 amide bonds. The molecule has 0 aliphatic carbocycles. The van der Waals surface area contributed by atoms with E-state index in [0.717, 1.165) is 11.1 Å². The van der Waals surface area contributed by atoms with Crippen molar-refractivity contribution in [2.24, 2.45) is 5.92 Å². The summed E-state index contributed by atoms with van der Waals surface area (Å²) < 4.78 is 0. The van der Waals surface area contributed by atoms with Crippen LogP contribution in [0.15, 0.2) is 73.3 Å². The average Bonchev–Trinajstić information content (AvgIpc) is 2.78. The van der Waals surface area contributed by atoms with Crippen molar-refractivity contribution in [1.82, 2.24) is 10.2 Å². The van der Waals surface area contributed by atoms with Crippen molar-refractivity contribution in [2.75, 3.05) is 19.8 Å². The summed E-state index contributed by atoms with van der Waals surface area (Å²) in [5, 5.41) is 21.9. The zero-order valence-electron chi connectivity index (χ0n) is 17.1. The minimum atomic E-state index is -0.607. The van der Waals surface area contributed by atoms with E-state index in [9.17, 15) is 19.8 Å². The van der Waals surface area contributed by atoms with Crippen LogP contribution in [0.25, 0.3) is 0 Å². The third-order valence-corrected chi connectivity index (χ3v) is 4.88. The van der Waals surface area contributed by atoms with Gasteiger partial charge in [-0.3, -0.25) is 9.59 Å². The zero-order chi connectivity index (χ0) is 21.8. The molecule has 0 saturated carbocycles. The Morgan fingerprint density at radius 2 is 1.67 bits per heavy atom. The molecule has 30 heavy (non-hydrogen) atoms. The number of aliphatic hydroxyl groups is 2. The van der Waals surface area contributed by atoms with Gasteiger partial charge in [-0.1, -0.05) is 66.7 Å². The SMILES string of the molecule is C=CC[C@@H](CC(=O)N(CCO)Cc1ccccc1)C(=O)N[C@@H](CO)c1ccccc1. The Bertz CT molecular complexity index is 795. The van der Waals surface area contributed by atoms with Crippen LogP contribution in [0.2, 0.25) is 0 Å². The third-order valence-electron chi connectivity index (χ3n) is 4.88. The lowest BCUT2D eigenvalue weighted by Crippen LogP contribution is -2.39. The van der Waals surface area contributed by atoms with Gasteiger partial charge in [-0.2, -0.15) is 0 Å². The molecule has 160 valence electrons. The Kier molecular flexibility index (Phi) is 9.77. The van der Waals surface area contributed by atoms with Gasteiger partial charge >= 0.3 is 0 Å². The Labute approximate surface area is 177 Å². The molecule has 3 N–H and O–H groups in total. The topological polar surface area (TPSA) is 89.9 Å². The lowest BCUT2D eigenvalue weighted by atomic mass is 9.98. The molecule has 0 radical (unpaired) electrons. The van der Waals surface area contributed by atoms with Crippen LogP contribution in [0.3, 0.4) is 0 Å². The Hall–Kier alpha value is -2.96. The smallest absolute Gasteiger partial charge is 0.224 e. The van der Waals surface area contributed by atoms with E-state index in [1.807, 2.05) is 60.7 Å². The summed E-state index contributed by atoms with van der Waals surface area (Å²) in [6.45, 7) is 3.87. The van der Waals surface area contributed by atoms with E-state index in [1.165, 1.54) is 0 Å². The Balaban J connectivity index is 2.06. The van der Waals surface area contributed by atoms with Gasteiger partial charge in [-0.15, -0.1) is 6.58 Å². The fourth-order valence-electron chi connectivity index (χ4n) is 3.25. The minimum Gasteiger partial charge on any atom is -0.395 e. The highest BCUT2D eigenvalue weighted by Crippen LogP contribution is 2.18. The second kappa shape index (κ2) is 12.6. The van der Waals surface area contributed by atoms with Gasteiger partial charge in [0, 0.05) is 19.5 Å². The molecule has 6 nitrogen and oxygen atoms in total. The number of hydrogen-bond acceptors (Lipinski definition) is 4. The van der Waals surface area contributed by atoms with Crippen LogP contribution in [0.5, 0.6) is 0 Å². The van der Waals surface area contributed by atoms with Crippen molar-refractivity contribution >= 4 is 11.8 Å². The number of nitrogens with one attached hydrogen (secondary N) is 1. The molecule has 0 aliphatic heterocycles. The third kappa shape index (κ3) is 7.13. The number of benzene rings is 2. The molecule has 2 aromatic rings. The van der Waals surface area contributed by atoms with Gasteiger partial charge in [0.15, 0.2) is 0 Å². The van der Waals surface area contributed by atoms with Gasteiger partial charge in [0.2, 0.25) is 11.8 Å². The van der Waals surface area contributed by atoms with Gasteiger partial charge in [-0.05, 0) is 17.5 Å². The first-order valence-corrected chi connectivity index (χ1v) is 10.1. The van der Waals surface area contributed by atoms with Crippen molar-refractivity contribution in [1.29, 1.82) is 0 Å². The van der Waals surface area contributed by atoms with Crippen molar-refractivity contribution in [3.05, 3.63) is 84.4 Å². The summed E-state index contributed by atoms with van der Waals surface area (Å²) in [6.07, 6.45) is 1.95. The Morgan fingerprint density at radius 3 is 2.23 bits per heavy atom. The van der Waals surface area contributed by atoms with Crippen LogP contribution < -0.4 is 5.32 Å². The second-order valence-corrected chi connectivity index (χ2v) is 7.10. The number of allylic oxidation sites excluding steroid dienone is 1. The molecule has 2 rings (SSSR count). The highest BCUT2D eigenvalue weighted by atomic mass is 16.3. The van der Waals surface area contributed by atoms with Crippen LogP contribution in [-0.2, 0) is 16.1 Å². The van der Waals surface area contributed by atoms with Crippen molar-refractivity contribution in [3.63, 3.8) is 0 Å². The largest absolute Gasteiger partial charge is 0.395 e. The number of carbonyl (C=O) groups excluding carboxylic acids is 2. The summed E-state index contributed by atoms with van der Waals surface area (Å²) in [7, 11) is 0. The van der Waals surface area contributed by atoms with E-state index in [4.69, 9.17) is 0 Å². The molecule has 2 atom stereocenters. The molecule has 0 unspecified atom stereocenters. The summed E-state index contributed by atoms with van der Waals surface area (Å²) in [5.74, 6) is -1.13. The summed E-state index contributed by atoms with van der Waals surface area (Å²) in [6, 6.07) is 18.2. The monoisotopic (exact) mass is 410 g/mol. The molecule has 0 heterocycles. The first-order chi connectivity index (χ1) is 14.6. The predicted octanol–water partition coefficient (Wildman–Crippen LogP) is 2.44. The maximum absolute atomic E-state index is 12.9. The van der Waals surface area contributed by atoms with Crippen LogP contribution in [0.4, 0.5) is 0 Å². The molecule has 0 saturated heterocycles. The molecular formula is C24H30N2O4. The molecule has 6 heteroatoms. The minimum absolute atomic E-state index is 0.00236. The van der Waals surface area contributed by atoms with Crippen molar-refractivity contribution in [2.45, 2.75) is 25.4 Å². The number of nitrogens with zero attached hydrogens (tertiary/aromatic N) is 1. The van der Waals surface area contributed by atoms with Crippen LogP contribution >= 0.6 is 0 Å². The summed E-state index contributed by atoms with van der Waals surface area (Å²) >= 11 is 0. The van der Waals surface area contributed by atoms with Crippen LogP contribution in [-0.4, -0.2) is 46.7 Å². The highest BCUT2D eigenvalue weighted by molar-refractivity contribution is 5.86. The van der Waals surface area contributed by atoms with Crippen LogP contribution in [0.1, 0.15) is 30.0 Å². The second-order valence-electron chi connectivity index (χ2n) is 7.10. The summed E-state index contributed by atoms with van der Waals surface area (Å²) in [5.41, 5.74) is 1.75. The molecule has 0 aromatic heterocycles. The predicted molar refractivity (Wildman–Crippen MR) is 116 cm³/mol. The quantitative estimate of drug-likeness (QED) is 0.469. The van der Waals surface area contributed by atoms with E-state index >= 15 is 0 Å². The van der Waals surface area contributed by atoms with E-state index < -0.39 is 12.0 Å². The first kappa shape index (κ1) is 23.3. The lowest BCUT2D eigenvalue weighted by molar-refractivity contribution is -0.137. The number of amides is 2. The van der Waals surface area contributed by atoms with E-state index in [2.05, 4.69) is 11.9 Å². The van der Waals surface area contributed by atoms with Crippen LogP contribution in [0, 0.1) is 5.92 Å². The van der Waals surface area contributed by atoms with Gasteiger partial charge in [0.25, 0.3) is 0 Å². The van der Waals surface area contributed by atoms with Crippen molar-refractivity contribution < 1.29 is 19.8 Å². The summed E-state index contributed by atoms with van der Waals surface area (Å²) in [4.78, 5) is 27.3. The standard InChI is InChI=1S/C24H30N2O4/c1-2-9-21(24(30)25-22(18-28)20-12-7-4-8-13-20)16-23(29)26(14-15-27)17-19-10-5-3-6-11-19/h2-8,10-13,21-22,27-28H,1,9,14-18H2,(H,25,30)/t21-,22-/m0/s1. The normalized spacial score (nSPS) is 12.6. The first-order valence-electron chi connectivity index (χ1n) is 10.1. The average molecular weight is 411 g/mol. The zero-order valence-corrected chi connectivity index (χ0v) is 17.1. The number of hydrogen-bond donors (Lipinski definition) is 3. The van der Waals surface area contributed by atoms with Gasteiger partial charge in [0.1, 0.15) is 0 Å². The molecular weight excluding hydrogens is 380 g/mol. The number of aliphatic hydroxyl groups excluding tert-OH is 2. The molecule has 0 aliphatic rings. The van der Waals surface area contributed by atoms with Gasteiger partial charge in [-0.25, -0.2) is 0 Å². The molecule has 0 spiro atoms. The van der Waals surface area contributed by atoms with Crippen molar-refractivity contribution in [3.8, 4) is 0 Å². The maximum atomic E-state index is 12.9. The Morgan fingerprint density at radius 1 is 1.03 bits per heavy atom. The highest BCUT2D eigenvalue weighted by Gasteiger charge is 2.26.